The summed E-state index contributed by atoms with van der Waals surface area (Å²) in [4.78, 5) is 40.7. The molecule has 1 aromatic heterocycles. The summed E-state index contributed by atoms with van der Waals surface area (Å²) in [5, 5.41) is 13.9. The van der Waals surface area contributed by atoms with Gasteiger partial charge in [-0.15, -0.1) is 11.3 Å². The van der Waals surface area contributed by atoms with Crippen LogP contribution >= 0.6 is 11.3 Å². The molecule has 2 N–H and O–H groups in total. The maximum absolute atomic E-state index is 12.2. The Hall–Kier alpha value is -1.96. The zero-order valence-electron chi connectivity index (χ0n) is 13.2. The van der Waals surface area contributed by atoms with Crippen LogP contribution in [0.25, 0.3) is 0 Å². The number of aromatic nitrogens is 1. The van der Waals surface area contributed by atoms with Gasteiger partial charge in [-0.3, -0.25) is 14.4 Å². The van der Waals surface area contributed by atoms with Gasteiger partial charge in [-0.25, -0.2) is 4.98 Å². The van der Waals surface area contributed by atoms with Gasteiger partial charge in [-0.2, -0.15) is 0 Å². The number of aliphatic carboxylic acids is 1. The van der Waals surface area contributed by atoms with E-state index in [1.54, 1.807) is 24.1 Å². The third-order valence-corrected chi connectivity index (χ3v) is 4.64. The first-order chi connectivity index (χ1) is 10.9. The molecule has 1 fully saturated rings. The van der Waals surface area contributed by atoms with E-state index < -0.39 is 5.97 Å². The minimum atomic E-state index is -0.790. The summed E-state index contributed by atoms with van der Waals surface area (Å²) < 4.78 is 0. The van der Waals surface area contributed by atoms with Crippen LogP contribution in [0.3, 0.4) is 0 Å². The van der Waals surface area contributed by atoms with Crippen molar-refractivity contribution in [2.75, 3.05) is 18.4 Å². The molecule has 7 nitrogen and oxygen atoms in total. The minimum absolute atomic E-state index is 0.0547. The van der Waals surface area contributed by atoms with E-state index in [-0.39, 0.29) is 30.1 Å². The predicted molar refractivity (Wildman–Crippen MR) is 86.2 cm³/mol. The van der Waals surface area contributed by atoms with Gasteiger partial charge in [0.1, 0.15) is 0 Å². The largest absolute Gasteiger partial charge is 0.481 e. The first-order valence-corrected chi connectivity index (χ1v) is 8.50. The molecule has 1 aromatic rings. The van der Waals surface area contributed by atoms with Crippen molar-refractivity contribution >= 4 is 34.3 Å². The molecule has 0 aliphatic carbocycles. The van der Waals surface area contributed by atoms with Gasteiger partial charge in [0.15, 0.2) is 5.13 Å². The highest BCUT2D eigenvalue weighted by Gasteiger charge is 2.27. The number of likely N-dealkylation sites (tertiary alicyclic amines) is 1. The van der Waals surface area contributed by atoms with Crippen LogP contribution in [0.4, 0.5) is 5.13 Å². The Morgan fingerprint density at radius 1 is 1.39 bits per heavy atom. The van der Waals surface area contributed by atoms with Crippen LogP contribution in [0.2, 0.25) is 0 Å². The third kappa shape index (κ3) is 4.75. The lowest BCUT2D eigenvalue weighted by Gasteiger charge is -2.30. The van der Waals surface area contributed by atoms with Crippen molar-refractivity contribution in [3.63, 3.8) is 0 Å². The zero-order valence-corrected chi connectivity index (χ0v) is 14.1. The molecule has 2 heterocycles. The van der Waals surface area contributed by atoms with Crippen molar-refractivity contribution in [3.8, 4) is 0 Å². The van der Waals surface area contributed by atoms with Gasteiger partial charge in [-0.1, -0.05) is 13.8 Å². The fourth-order valence-electron chi connectivity index (χ4n) is 2.34. The standard InChI is InChI=1S/C15H21N3O4S/c1-9(2)13(20)17-15-16-11(8-23-15)7-12(19)18-5-3-10(4-6-18)14(21)22/h8-10H,3-7H2,1-2H3,(H,21,22)(H,16,17,20). The monoisotopic (exact) mass is 339 g/mol. The second-order valence-electron chi connectivity index (χ2n) is 5.96. The molecule has 8 heteroatoms. The van der Waals surface area contributed by atoms with Gasteiger partial charge in [0.25, 0.3) is 0 Å². The summed E-state index contributed by atoms with van der Waals surface area (Å²) >= 11 is 1.30. The molecule has 23 heavy (non-hydrogen) atoms. The summed E-state index contributed by atoms with van der Waals surface area (Å²) in [5.74, 6) is -1.42. The molecule has 2 rings (SSSR count). The highest BCUT2D eigenvalue weighted by atomic mass is 32.1. The molecule has 126 valence electrons. The molecule has 1 saturated heterocycles. The smallest absolute Gasteiger partial charge is 0.306 e. The number of carbonyl (C=O) groups is 3. The van der Waals surface area contributed by atoms with E-state index in [2.05, 4.69) is 10.3 Å². The number of amides is 2. The topological polar surface area (TPSA) is 99.6 Å². The highest BCUT2D eigenvalue weighted by Crippen LogP contribution is 2.20. The van der Waals surface area contributed by atoms with Crippen molar-refractivity contribution in [1.82, 2.24) is 9.88 Å². The quantitative estimate of drug-likeness (QED) is 0.849. The van der Waals surface area contributed by atoms with E-state index in [4.69, 9.17) is 5.11 Å². The average Bonchev–Trinajstić information content (AvgIpc) is 2.94. The van der Waals surface area contributed by atoms with E-state index in [1.165, 1.54) is 11.3 Å². The van der Waals surface area contributed by atoms with Gasteiger partial charge in [0.05, 0.1) is 18.0 Å². The van der Waals surface area contributed by atoms with E-state index in [1.807, 2.05) is 0 Å². The molecule has 0 bridgehead atoms. The van der Waals surface area contributed by atoms with Crippen LogP contribution in [0.5, 0.6) is 0 Å². The number of carboxylic acid groups (broad SMARTS) is 1. The molecule has 1 aliphatic rings. The van der Waals surface area contributed by atoms with Gasteiger partial charge >= 0.3 is 5.97 Å². The van der Waals surface area contributed by atoms with Crippen molar-refractivity contribution in [1.29, 1.82) is 0 Å². The van der Waals surface area contributed by atoms with E-state index in [0.29, 0.717) is 36.8 Å². The molecule has 1 aliphatic heterocycles. The van der Waals surface area contributed by atoms with Crippen molar-refractivity contribution in [3.05, 3.63) is 11.1 Å². The summed E-state index contributed by atoms with van der Waals surface area (Å²) in [6.45, 7) is 4.54. The highest BCUT2D eigenvalue weighted by molar-refractivity contribution is 7.13. The Bertz CT molecular complexity index is 591. The minimum Gasteiger partial charge on any atom is -0.481 e. The van der Waals surface area contributed by atoms with E-state index >= 15 is 0 Å². The Kier molecular flexibility index (Phi) is 5.70. The fraction of sp³-hybridized carbons (Fsp3) is 0.600. The van der Waals surface area contributed by atoms with E-state index in [0.717, 1.165) is 0 Å². The second kappa shape index (κ2) is 7.54. The van der Waals surface area contributed by atoms with Gasteiger partial charge in [0.2, 0.25) is 11.8 Å². The number of hydrogen-bond donors (Lipinski definition) is 2. The number of rotatable bonds is 5. The average molecular weight is 339 g/mol. The van der Waals surface area contributed by atoms with Gasteiger partial charge in [-0.05, 0) is 12.8 Å². The number of nitrogens with zero attached hydrogens (tertiary/aromatic N) is 2. The van der Waals surface area contributed by atoms with Crippen LogP contribution in [0, 0.1) is 11.8 Å². The lowest BCUT2D eigenvalue weighted by atomic mass is 9.97. The first kappa shape index (κ1) is 17.4. The molecule has 2 amide bonds. The van der Waals surface area contributed by atoms with Crippen molar-refractivity contribution in [2.45, 2.75) is 33.1 Å². The normalized spacial score (nSPS) is 15.7. The number of carboxylic acids is 1. The van der Waals surface area contributed by atoms with Crippen molar-refractivity contribution in [2.24, 2.45) is 11.8 Å². The Balaban J connectivity index is 1.85. The molecule has 0 atom stereocenters. The van der Waals surface area contributed by atoms with Crippen LogP contribution < -0.4 is 5.32 Å². The molecular weight excluding hydrogens is 318 g/mol. The van der Waals surface area contributed by atoms with E-state index in [9.17, 15) is 14.4 Å². The molecule has 0 radical (unpaired) electrons. The summed E-state index contributed by atoms with van der Waals surface area (Å²) in [6.07, 6.45) is 1.16. The van der Waals surface area contributed by atoms with Crippen LogP contribution in [0.15, 0.2) is 5.38 Å². The molecule has 0 spiro atoms. The maximum atomic E-state index is 12.2. The Morgan fingerprint density at radius 3 is 2.61 bits per heavy atom. The second-order valence-corrected chi connectivity index (χ2v) is 6.82. The fourth-order valence-corrected chi connectivity index (χ4v) is 3.05. The molecule has 0 aromatic carbocycles. The van der Waals surface area contributed by atoms with Gasteiger partial charge < -0.3 is 15.3 Å². The van der Waals surface area contributed by atoms with Crippen LogP contribution in [-0.4, -0.2) is 45.9 Å². The molecule has 0 unspecified atom stereocenters. The lowest BCUT2D eigenvalue weighted by molar-refractivity contribution is -0.145. The predicted octanol–water partition coefficient (Wildman–Crippen LogP) is 1.60. The number of carbonyl (C=O) groups excluding carboxylic acids is 2. The summed E-state index contributed by atoms with van der Waals surface area (Å²) in [7, 11) is 0. The number of thiazole rings is 1. The number of hydrogen-bond acceptors (Lipinski definition) is 5. The lowest BCUT2D eigenvalue weighted by Crippen LogP contribution is -2.41. The third-order valence-electron chi connectivity index (χ3n) is 3.84. The maximum Gasteiger partial charge on any atom is 0.306 e. The molecule has 0 saturated carbocycles. The Labute approximate surface area is 138 Å². The Morgan fingerprint density at radius 2 is 2.04 bits per heavy atom. The number of piperidine rings is 1. The summed E-state index contributed by atoms with van der Waals surface area (Å²) in [5.41, 5.74) is 0.624. The number of nitrogens with one attached hydrogen (secondary N) is 1. The van der Waals surface area contributed by atoms with Crippen LogP contribution in [0.1, 0.15) is 32.4 Å². The first-order valence-electron chi connectivity index (χ1n) is 7.62. The number of anilines is 1. The van der Waals surface area contributed by atoms with Crippen molar-refractivity contribution < 1.29 is 19.5 Å². The molecular formula is C15H21N3O4S. The SMILES string of the molecule is CC(C)C(=O)Nc1nc(CC(=O)N2CCC(C(=O)O)CC2)cs1. The van der Waals surface area contributed by atoms with Crippen LogP contribution in [-0.2, 0) is 20.8 Å². The zero-order chi connectivity index (χ0) is 17.0. The van der Waals surface area contributed by atoms with Gasteiger partial charge in [0, 0.05) is 24.4 Å². The summed E-state index contributed by atoms with van der Waals surface area (Å²) in [6, 6.07) is 0.